The van der Waals surface area contributed by atoms with Crippen molar-refractivity contribution in [3.8, 4) is 0 Å². The second kappa shape index (κ2) is 70.3. The average molecular weight is 1150 g/mol. The highest BCUT2D eigenvalue weighted by atomic mass is 16.6. The van der Waals surface area contributed by atoms with Gasteiger partial charge in [0.15, 0.2) is 6.10 Å². The van der Waals surface area contributed by atoms with E-state index in [0.717, 1.165) is 148 Å². The molecule has 83 heavy (non-hydrogen) atoms. The van der Waals surface area contributed by atoms with Crippen LogP contribution in [-0.4, -0.2) is 37.2 Å². The molecule has 474 valence electrons. The molecule has 0 N–H and O–H groups in total. The average Bonchev–Trinajstić information content (AvgIpc) is 3.49. The molecule has 0 aromatic carbocycles. The molecule has 0 aliphatic carbocycles. The van der Waals surface area contributed by atoms with Crippen LogP contribution < -0.4 is 0 Å². The number of hydrogen-bond donors (Lipinski definition) is 0. The number of esters is 3. The predicted molar refractivity (Wildman–Crippen MR) is 362 cm³/mol. The van der Waals surface area contributed by atoms with Crippen LogP contribution >= 0.6 is 0 Å². The van der Waals surface area contributed by atoms with E-state index < -0.39 is 6.10 Å². The predicted octanol–water partition coefficient (Wildman–Crippen LogP) is 24.3. The smallest absolute Gasteiger partial charge is 0.306 e. The zero-order valence-electron chi connectivity index (χ0n) is 54.4. The summed E-state index contributed by atoms with van der Waals surface area (Å²) in [5.74, 6) is -0.919. The minimum absolute atomic E-state index is 0.0941. The van der Waals surface area contributed by atoms with Gasteiger partial charge in [0, 0.05) is 19.3 Å². The zero-order chi connectivity index (χ0) is 59.9. The normalized spacial score (nSPS) is 12.9. The van der Waals surface area contributed by atoms with Crippen LogP contribution in [0.1, 0.15) is 329 Å². The SMILES string of the molecule is CC/C=C\C/C=C\C/C=C\C/C=C\C/C=C\C/C=C\CCCCCCC(=O)OCC(COC(=O)CCCCCCCC/C=C\C/C=C\C/C=C\C/C=C\CC)OC(=O)CCCCCCCCCCCCCCCCCCCCCCCCC. The Balaban J connectivity index is 4.44. The fraction of sp³-hybridized carbons (Fsp3) is 0.701. The van der Waals surface area contributed by atoms with E-state index in [1.807, 2.05) is 0 Å². The first-order chi connectivity index (χ1) is 41.0. The Morgan fingerprint density at radius 1 is 0.253 bits per heavy atom. The highest BCUT2D eigenvalue weighted by molar-refractivity contribution is 5.71. The molecule has 6 nitrogen and oxygen atoms in total. The van der Waals surface area contributed by atoms with E-state index in [0.29, 0.717) is 19.3 Å². The second-order valence-electron chi connectivity index (χ2n) is 23.0. The van der Waals surface area contributed by atoms with Gasteiger partial charge in [-0.1, -0.05) is 322 Å². The van der Waals surface area contributed by atoms with Gasteiger partial charge in [-0.15, -0.1) is 0 Å². The maximum Gasteiger partial charge on any atom is 0.306 e. The van der Waals surface area contributed by atoms with Gasteiger partial charge < -0.3 is 14.2 Å². The summed E-state index contributed by atoms with van der Waals surface area (Å²) in [4.78, 5) is 38.5. The van der Waals surface area contributed by atoms with Gasteiger partial charge in [-0.3, -0.25) is 14.4 Å². The molecule has 6 heteroatoms. The fourth-order valence-corrected chi connectivity index (χ4v) is 9.79. The van der Waals surface area contributed by atoms with E-state index >= 15 is 0 Å². The van der Waals surface area contributed by atoms with Crippen molar-refractivity contribution < 1.29 is 28.6 Å². The lowest BCUT2D eigenvalue weighted by atomic mass is 10.0. The molecule has 1 atom stereocenters. The third kappa shape index (κ3) is 68.5. The Labute approximate surface area is 513 Å². The first-order valence-electron chi connectivity index (χ1n) is 35.0. The molecule has 0 saturated carbocycles. The molecule has 0 saturated heterocycles. The number of rotatable bonds is 63. The molecule has 0 aromatic rings. The van der Waals surface area contributed by atoms with Crippen LogP contribution in [0, 0.1) is 0 Å². The van der Waals surface area contributed by atoms with Gasteiger partial charge in [-0.2, -0.15) is 0 Å². The van der Waals surface area contributed by atoms with Crippen LogP contribution in [0.5, 0.6) is 0 Å². The number of ether oxygens (including phenoxy) is 3. The van der Waals surface area contributed by atoms with Crippen molar-refractivity contribution in [3.63, 3.8) is 0 Å². The molecule has 1 unspecified atom stereocenters. The van der Waals surface area contributed by atoms with Crippen molar-refractivity contribution in [3.05, 3.63) is 122 Å². The maximum absolute atomic E-state index is 13.0. The van der Waals surface area contributed by atoms with E-state index in [4.69, 9.17) is 14.2 Å². The zero-order valence-corrected chi connectivity index (χ0v) is 54.4. The molecule has 0 fully saturated rings. The molecule has 0 spiro atoms. The number of carbonyl (C=O) groups excluding carboxylic acids is 3. The number of allylic oxidation sites excluding steroid dienone is 20. The lowest BCUT2D eigenvalue weighted by molar-refractivity contribution is -0.167. The molecule has 0 aliphatic heterocycles. The summed E-state index contributed by atoms with van der Waals surface area (Å²) in [6.07, 6.45) is 97.9. The van der Waals surface area contributed by atoms with E-state index in [1.54, 1.807) is 0 Å². The Bertz CT molecular complexity index is 1700. The molecule has 0 rings (SSSR count). The van der Waals surface area contributed by atoms with Crippen molar-refractivity contribution in [1.82, 2.24) is 0 Å². The van der Waals surface area contributed by atoms with Gasteiger partial charge in [0.25, 0.3) is 0 Å². The number of carbonyl (C=O) groups is 3. The van der Waals surface area contributed by atoms with Gasteiger partial charge in [-0.05, 0) is 109 Å². The first-order valence-corrected chi connectivity index (χ1v) is 35.0. The monoisotopic (exact) mass is 1150 g/mol. The van der Waals surface area contributed by atoms with Crippen LogP contribution in [0.25, 0.3) is 0 Å². The van der Waals surface area contributed by atoms with E-state index in [1.165, 1.54) is 141 Å². The first kappa shape index (κ1) is 78.8. The molecular weight excluding hydrogens is 1020 g/mol. The van der Waals surface area contributed by atoms with Crippen LogP contribution in [0.3, 0.4) is 0 Å². The van der Waals surface area contributed by atoms with Gasteiger partial charge in [0.2, 0.25) is 0 Å². The minimum atomic E-state index is -0.800. The molecular formula is C77H130O6. The van der Waals surface area contributed by atoms with Crippen LogP contribution in [0.2, 0.25) is 0 Å². The largest absolute Gasteiger partial charge is 0.462 e. The van der Waals surface area contributed by atoms with Gasteiger partial charge in [0.05, 0.1) is 0 Å². The highest BCUT2D eigenvalue weighted by Gasteiger charge is 2.19. The summed E-state index contributed by atoms with van der Waals surface area (Å²) < 4.78 is 17.0. The van der Waals surface area contributed by atoms with Crippen molar-refractivity contribution in [2.75, 3.05) is 13.2 Å². The third-order valence-corrected chi connectivity index (χ3v) is 15.0. The summed E-state index contributed by atoms with van der Waals surface area (Å²) in [5.41, 5.74) is 0. The van der Waals surface area contributed by atoms with Crippen molar-refractivity contribution in [2.45, 2.75) is 335 Å². The van der Waals surface area contributed by atoms with E-state index in [-0.39, 0.29) is 31.1 Å². The molecule has 0 aromatic heterocycles. The molecule has 0 amide bonds. The van der Waals surface area contributed by atoms with E-state index in [2.05, 4.69) is 142 Å². The van der Waals surface area contributed by atoms with Gasteiger partial charge in [-0.25, -0.2) is 0 Å². The third-order valence-electron chi connectivity index (χ3n) is 15.0. The minimum Gasteiger partial charge on any atom is -0.462 e. The molecule has 0 bridgehead atoms. The molecule has 0 heterocycles. The van der Waals surface area contributed by atoms with Gasteiger partial charge in [0.1, 0.15) is 13.2 Å². The lowest BCUT2D eigenvalue weighted by Gasteiger charge is -2.18. The second-order valence-corrected chi connectivity index (χ2v) is 23.0. The molecule has 0 radical (unpaired) electrons. The number of hydrogen-bond acceptors (Lipinski definition) is 6. The summed E-state index contributed by atoms with van der Waals surface area (Å²) in [5, 5.41) is 0. The molecule has 0 aliphatic rings. The summed E-state index contributed by atoms with van der Waals surface area (Å²) in [6, 6.07) is 0. The fourth-order valence-electron chi connectivity index (χ4n) is 9.79. The standard InChI is InChI=1S/C77H130O6/c1-4-7-10-13-16-19-22-25-28-31-34-36-38-40-43-46-49-52-55-58-61-64-67-70-76(79)82-73-74(72-81-75(78)69-66-63-60-57-54-51-48-45-42-33-30-27-24-21-18-15-12-9-6-3)83-77(80)71-68-65-62-59-56-53-50-47-44-41-39-37-35-32-29-26-23-20-17-14-11-8-5-2/h7,9-10,12,16,18-19,21,25,27-28,30,34,36,40,42-43,45,49,52,74H,4-6,8,11,13-15,17,20,22-24,26,29,31-33,35,37-39,41,44,46-48,50-51,53-73H2,1-3H3/b10-7-,12-9-,19-16-,21-18-,28-25-,30-27-,36-34-,43-40-,45-42-,52-49-. The van der Waals surface area contributed by atoms with Crippen LogP contribution in [-0.2, 0) is 28.6 Å². The quantitative estimate of drug-likeness (QED) is 0.0261. The van der Waals surface area contributed by atoms with Gasteiger partial charge >= 0.3 is 17.9 Å². The number of unbranched alkanes of at least 4 members (excludes halogenated alkanes) is 32. The Hall–Kier alpha value is -4.19. The van der Waals surface area contributed by atoms with Crippen LogP contribution in [0.15, 0.2) is 122 Å². The Kier molecular flexibility index (Phi) is 66.7. The Morgan fingerprint density at radius 2 is 0.470 bits per heavy atom. The van der Waals surface area contributed by atoms with Crippen molar-refractivity contribution in [2.24, 2.45) is 0 Å². The van der Waals surface area contributed by atoms with E-state index in [9.17, 15) is 14.4 Å². The lowest BCUT2D eigenvalue weighted by Crippen LogP contribution is -2.30. The van der Waals surface area contributed by atoms with Crippen LogP contribution in [0.4, 0.5) is 0 Å². The Morgan fingerprint density at radius 3 is 0.735 bits per heavy atom. The van der Waals surface area contributed by atoms with Crippen molar-refractivity contribution >= 4 is 17.9 Å². The topological polar surface area (TPSA) is 78.9 Å². The summed E-state index contributed by atoms with van der Waals surface area (Å²) >= 11 is 0. The summed E-state index contributed by atoms with van der Waals surface area (Å²) in [7, 11) is 0. The summed E-state index contributed by atoms with van der Waals surface area (Å²) in [6.45, 7) is 6.42. The van der Waals surface area contributed by atoms with Crippen molar-refractivity contribution in [1.29, 1.82) is 0 Å². The maximum atomic E-state index is 13.0. The highest BCUT2D eigenvalue weighted by Crippen LogP contribution is 2.17.